The summed E-state index contributed by atoms with van der Waals surface area (Å²) in [5.41, 5.74) is 2.57. The lowest BCUT2D eigenvalue weighted by atomic mass is 9.99. The summed E-state index contributed by atoms with van der Waals surface area (Å²) in [4.78, 5) is 4.41. The summed E-state index contributed by atoms with van der Waals surface area (Å²) in [6.45, 7) is 5.44. The van der Waals surface area contributed by atoms with Gasteiger partial charge in [-0.05, 0) is 50.3 Å². The van der Waals surface area contributed by atoms with Crippen molar-refractivity contribution in [1.29, 1.82) is 0 Å². The van der Waals surface area contributed by atoms with Gasteiger partial charge >= 0.3 is 0 Å². The van der Waals surface area contributed by atoms with Crippen molar-refractivity contribution in [3.63, 3.8) is 0 Å². The molecule has 1 fully saturated rings. The third-order valence-corrected chi connectivity index (χ3v) is 3.62. The quantitative estimate of drug-likeness (QED) is 0.776. The van der Waals surface area contributed by atoms with Crippen LogP contribution in [0.2, 0.25) is 0 Å². The SMILES string of the molecule is CCCNC(CCC1CC1)c1cccnc1C. The van der Waals surface area contributed by atoms with Gasteiger partial charge in [0.05, 0.1) is 0 Å². The fourth-order valence-electron chi connectivity index (χ4n) is 2.36. The van der Waals surface area contributed by atoms with Crippen LogP contribution < -0.4 is 5.32 Å². The molecule has 0 spiro atoms. The van der Waals surface area contributed by atoms with E-state index in [9.17, 15) is 0 Å². The van der Waals surface area contributed by atoms with Crippen LogP contribution in [-0.2, 0) is 0 Å². The van der Waals surface area contributed by atoms with Crippen LogP contribution in [0.4, 0.5) is 0 Å². The molecule has 1 saturated carbocycles. The van der Waals surface area contributed by atoms with Crippen LogP contribution in [0.25, 0.3) is 0 Å². The Hall–Kier alpha value is -0.890. The number of pyridine rings is 1. The topological polar surface area (TPSA) is 24.9 Å². The third kappa shape index (κ3) is 3.81. The third-order valence-electron chi connectivity index (χ3n) is 3.62. The van der Waals surface area contributed by atoms with Gasteiger partial charge in [-0.2, -0.15) is 0 Å². The van der Waals surface area contributed by atoms with Crippen molar-refractivity contribution < 1.29 is 0 Å². The Balaban J connectivity index is 1.99. The highest BCUT2D eigenvalue weighted by Crippen LogP contribution is 2.36. The van der Waals surface area contributed by atoms with E-state index in [1.54, 1.807) is 0 Å². The lowest BCUT2D eigenvalue weighted by Gasteiger charge is -2.20. The average Bonchev–Trinajstić information content (AvgIpc) is 3.15. The second kappa shape index (κ2) is 6.15. The number of aryl methyl sites for hydroxylation is 1. The van der Waals surface area contributed by atoms with Gasteiger partial charge in [0.15, 0.2) is 0 Å². The van der Waals surface area contributed by atoms with E-state index in [1.165, 1.54) is 43.4 Å². The van der Waals surface area contributed by atoms with E-state index < -0.39 is 0 Å². The van der Waals surface area contributed by atoms with Gasteiger partial charge in [-0.1, -0.05) is 25.8 Å². The minimum atomic E-state index is 0.504. The maximum absolute atomic E-state index is 4.41. The molecule has 0 aromatic carbocycles. The van der Waals surface area contributed by atoms with E-state index in [4.69, 9.17) is 0 Å². The molecule has 1 aliphatic rings. The molecule has 1 aromatic heterocycles. The zero-order chi connectivity index (χ0) is 12.1. The Morgan fingerprint density at radius 3 is 2.94 bits per heavy atom. The van der Waals surface area contributed by atoms with E-state index in [-0.39, 0.29) is 0 Å². The zero-order valence-corrected chi connectivity index (χ0v) is 11.1. The molecule has 1 aromatic rings. The van der Waals surface area contributed by atoms with Crippen LogP contribution in [-0.4, -0.2) is 11.5 Å². The molecule has 0 bridgehead atoms. The normalized spacial score (nSPS) is 17.1. The van der Waals surface area contributed by atoms with Crippen LogP contribution in [0.3, 0.4) is 0 Å². The van der Waals surface area contributed by atoms with Gasteiger partial charge in [0.1, 0.15) is 0 Å². The smallest absolute Gasteiger partial charge is 0.0420 e. The van der Waals surface area contributed by atoms with Crippen molar-refractivity contribution in [2.45, 2.75) is 52.0 Å². The van der Waals surface area contributed by atoms with E-state index in [0.29, 0.717) is 6.04 Å². The van der Waals surface area contributed by atoms with Gasteiger partial charge in [-0.3, -0.25) is 4.98 Å². The maximum Gasteiger partial charge on any atom is 0.0420 e. The van der Waals surface area contributed by atoms with Crippen molar-refractivity contribution in [2.24, 2.45) is 5.92 Å². The van der Waals surface area contributed by atoms with Gasteiger partial charge < -0.3 is 5.32 Å². The Bertz CT molecular complexity index is 345. The molecule has 1 heterocycles. The lowest BCUT2D eigenvalue weighted by Crippen LogP contribution is -2.23. The van der Waals surface area contributed by atoms with Crippen LogP contribution in [0.5, 0.6) is 0 Å². The molecule has 17 heavy (non-hydrogen) atoms. The molecule has 2 heteroatoms. The Morgan fingerprint density at radius 1 is 1.47 bits per heavy atom. The zero-order valence-electron chi connectivity index (χ0n) is 11.1. The molecule has 94 valence electrons. The number of hydrogen-bond donors (Lipinski definition) is 1. The summed E-state index contributed by atoms with van der Waals surface area (Å²) in [7, 11) is 0. The van der Waals surface area contributed by atoms with Gasteiger partial charge in [0.2, 0.25) is 0 Å². The molecule has 0 saturated heterocycles. The van der Waals surface area contributed by atoms with Crippen molar-refractivity contribution in [1.82, 2.24) is 10.3 Å². The summed E-state index contributed by atoms with van der Waals surface area (Å²) in [6.07, 6.45) is 8.61. The standard InChI is InChI=1S/C15H24N2/c1-3-10-17-15(9-8-13-6-7-13)14-5-4-11-16-12(14)2/h4-5,11,13,15,17H,3,6-10H2,1-2H3. The molecule has 0 radical (unpaired) electrons. The molecule has 2 nitrogen and oxygen atoms in total. The van der Waals surface area contributed by atoms with Crippen LogP contribution >= 0.6 is 0 Å². The highest BCUT2D eigenvalue weighted by Gasteiger charge is 2.23. The summed E-state index contributed by atoms with van der Waals surface area (Å²) >= 11 is 0. The van der Waals surface area contributed by atoms with E-state index in [2.05, 4.69) is 36.3 Å². The van der Waals surface area contributed by atoms with Gasteiger partial charge in [0, 0.05) is 17.9 Å². The van der Waals surface area contributed by atoms with Gasteiger partial charge in [0.25, 0.3) is 0 Å². The van der Waals surface area contributed by atoms with E-state index >= 15 is 0 Å². The molecule has 2 rings (SSSR count). The minimum Gasteiger partial charge on any atom is -0.310 e. The first-order valence-corrected chi connectivity index (χ1v) is 6.96. The summed E-state index contributed by atoms with van der Waals surface area (Å²) in [5, 5.41) is 3.67. The Kier molecular flexibility index (Phi) is 4.55. The molecular weight excluding hydrogens is 208 g/mol. The van der Waals surface area contributed by atoms with Crippen molar-refractivity contribution in [2.75, 3.05) is 6.54 Å². The highest BCUT2D eigenvalue weighted by molar-refractivity contribution is 5.22. The number of rotatable bonds is 7. The number of aromatic nitrogens is 1. The van der Waals surface area contributed by atoms with Gasteiger partial charge in [-0.25, -0.2) is 0 Å². The fourth-order valence-corrected chi connectivity index (χ4v) is 2.36. The minimum absolute atomic E-state index is 0.504. The molecule has 1 aliphatic carbocycles. The number of nitrogens with one attached hydrogen (secondary N) is 1. The van der Waals surface area contributed by atoms with Gasteiger partial charge in [-0.15, -0.1) is 0 Å². The fraction of sp³-hybridized carbons (Fsp3) is 0.667. The largest absolute Gasteiger partial charge is 0.310 e. The summed E-state index contributed by atoms with van der Waals surface area (Å²) < 4.78 is 0. The molecular formula is C15H24N2. The van der Waals surface area contributed by atoms with Crippen molar-refractivity contribution in [3.8, 4) is 0 Å². The van der Waals surface area contributed by atoms with Crippen molar-refractivity contribution in [3.05, 3.63) is 29.6 Å². The second-order valence-electron chi connectivity index (χ2n) is 5.21. The first kappa shape index (κ1) is 12.6. The van der Waals surface area contributed by atoms with Crippen molar-refractivity contribution >= 4 is 0 Å². The molecule has 1 atom stereocenters. The predicted molar refractivity (Wildman–Crippen MR) is 72.0 cm³/mol. The summed E-state index contributed by atoms with van der Waals surface area (Å²) in [5.74, 6) is 1.01. The Labute approximate surface area is 105 Å². The average molecular weight is 232 g/mol. The van der Waals surface area contributed by atoms with E-state index in [1.807, 2.05) is 6.20 Å². The lowest BCUT2D eigenvalue weighted by molar-refractivity contribution is 0.467. The first-order chi connectivity index (χ1) is 8.31. The molecule has 1 N–H and O–H groups in total. The summed E-state index contributed by atoms with van der Waals surface area (Å²) in [6, 6.07) is 4.78. The maximum atomic E-state index is 4.41. The first-order valence-electron chi connectivity index (χ1n) is 6.96. The number of hydrogen-bond acceptors (Lipinski definition) is 2. The molecule has 0 amide bonds. The molecule has 0 aliphatic heterocycles. The van der Waals surface area contributed by atoms with Crippen LogP contribution in [0, 0.1) is 12.8 Å². The monoisotopic (exact) mass is 232 g/mol. The number of nitrogens with zero attached hydrogens (tertiary/aromatic N) is 1. The highest BCUT2D eigenvalue weighted by atomic mass is 14.9. The predicted octanol–water partition coefficient (Wildman–Crippen LogP) is 3.62. The van der Waals surface area contributed by atoms with Crippen LogP contribution in [0.1, 0.15) is 56.3 Å². The Morgan fingerprint density at radius 2 is 2.29 bits per heavy atom. The second-order valence-corrected chi connectivity index (χ2v) is 5.21. The van der Waals surface area contributed by atoms with E-state index in [0.717, 1.165) is 12.5 Å². The molecule has 1 unspecified atom stereocenters. The van der Waals surface area contributed by atoms with Crippen LogP contribution in [0.15, 0.2) is 18.3 Å².